The zero-order valence-electron chi connectivity index (χ0n) is 11.4. The summed E-state index contributed by atoms with van der Waals surface area (Å²) in [5.74, 6) is -1.55. The zero-order valence-corrected chi connectivity index (χ0v) is 11.4. The smallest absolute Gasteiger partial charge is 0.391 e. The minimum absolute atomic E-state index is 0.0971. The Morgan fingerprint density at radius 2 is 2.00 bits per heavy atom. The lowest BCUT2D eigenvalue weighted by molar-refractivity contribution is -0.199. The van der Waals surface area contributed by atoms with E-state index in [0.29, 0.717) is 24.8 Å². The third kappa shape index (κ3) is 2.73. The third-order valence-corrected chi connectivity index (χ3v) is 4.56. The molecule has 3 atom stereocenters. The lowest BCUT2D eigenvalue weighted by Crippen LogP contribution is -2.48. The van der Waals surface area contributed by atoms with Gasteiger partial charge in [-0.05, 0) is 31.7 Å². The fourth-order valence-corrected chi connectivity index (χ4v) is 3.57. The Labute approximate surface area is 120 Å². The molecule has 0 aromatic heterocycles. The molecule has 1 aromatic rings. The molecule has 2 nitrogen and oxygen atoms in total. The summed E-state index contributed by atoms with van der Waals surface area (Å²) in [5.41, 5.74) is 5.82. The molecule has 0 bridgehead atoms. The molecule has 1 fully saturated rings. The van der Waals surface area contributed by atoms with Crippen molar-refractivity contribution >= 4 is 0 Å². The lowest BCUT2D eigenvalue weighted by atomic mass is 9.72. The van der Waals surface area contributed by atoms with Crippen molar-refractivity contribution in [3.05, 3.63) is 29.6 Å². The van der Waals surface area contributed by atoms with Gasteiger partial charge in [0.25, 0.3) is 0 Å². The summed E-state index contributed by atoms with van der Waals surface area (Å²) in [6, 6.07) is 3.64. The van der Waals surface area contributed by atoms with E-state index < -0.39 is 29.6 Å². The van der Waals surface area contributed by atoms with Gasteiger partial charge in [-0.15, -0.1) is 0 Å². The van der Waals surface area contributed by atoms with Crippen molar-refractivity contribution in [2.75, 3.05) is 0 Å². The molecule has 1 spiro atoms. The molecule has 6 heteroatoms. The van der Waals surface area contributed by atoms with Crippen molar-refractivity contribution in [2.45, 2.75) is 49.9 Å². The van der Waals surface area contributed by atoms with Crippen molar-refractivity contribution in [3.63, 3.8) is 0 Å². The molecule has 116 valence electrons. The van der Waals surface area contributed by atoms with E-state index in [1.54, 1.807) is 6.07 Å². The molecular formula is C15H17F4NO. The fourth-order valence-electron chi connectivity index (χ4n) is 3.57. The van der Waals surface area contributed by atoms with E-state index in [9.17, 15) is 17.6 Å². The van der Waals surface area contributed by atoms with Crippen LogP contribution in [0, 0.1) is 11.7 Å². The van der Waals surface area contributed by atoms with E-state index in [4.69, 9.17) is 10.5 Å². The first-order valence-corrected chi connectivity index (χ1v) is 7.10. The van der Waals surface area contributed by atoms with Gasteiger partial charge in [0.05, 0.1) is 5.92 Å². The SMILES string of the molecule is N[C@H]1CC2(CCCC(C(F)(F)F)C2)Oc2cc(F)ccc21. The van der Waals surface area contributed by atoms with Gasteiger partial charge in [-0.3, -0.25) is 0 Å². The van der Waals surface area contributed by atoms with Gasteiger partial charge < -0.3 is 10.5 Å². The maximum atomic E-state index is 13.3. The van der Waals surface area contributed by atoms with E-state index >= 15 is 0 Å². The molecule has 1 aliphatic carbocycles. The second-order valence-electron chi connectivity index (χ2n) is 6.11. The number of hydrogen-bond donors (Lipinski definition) is 1. The summed E-state index contributed by atoms with van der Waals surface area (Å²) >= 11 is 0. The summed E-state index contributed by atoms with van der Waals surface area (Å²) in [6.45, 7) is 0. The van der Waals surface area contributed by atoms with Crippen LogP contribution in [0.25, 0.3) is 0 Å². The highest BCUT2D eigenvalue weighted by Gasteiger charge is 2.50. The summed E-state index contributed by atoms with van der Waals surface area (Å²) in [7, 11) is 0. The van der Waals surface area contributed by atoms with Gasteiger partial charge in [-0.25, -0.2) is 4.39 Å². The molecule has 0 saturated heterocycles. The predicted molar refractivity (Wildman–Crippen MR) is 69.3 cm³/mol. The number of halogens is 4. The van der Waals surface area contributed by atoms with E-state index in [0.717, 1.165) is 0 Å². The minimum atomic E-state index is -4.22. The van der Waals surface area contributed by atoms with Crippen LogP contribution in [0.2, 0.25) is 0 Å². The molecule has 1 heterocycles. The van der Waals surface area contributed by atoms with Crippen LogP contribution >= 0.6 is 0 Å². The number of nitrogens with two attached hydrogens (primary N) is 1. The molecule has 1 aliphatic heterocycles. The van der Waals surface area contributed by atoms with Gasteiger partial charge in [0.1, 0.15) is 17.2 Å². The van der Waals surface area contributed by atoms with E-state index in [1.807, 2.05) is 0 Å². The normalized spacial score (nSPS) is 32.6. The summed E-state index contributed by atoms with van der Waals surface area (Å²) in [6.07, 6.45) is -2.87. The van der Waals surface area contributed by atoms with Gasteiger partial charge in [0, 0.05) is 24.1 Å². The summed E-state index contributed by atoms with van der Waals surface area (Å²) in [4.78, 5) is 0. The van der Waals surface area contributed by atoms with Crippen LogP contribution < -0.4 is 10.5 Å². The summed E-state index contributed by atoms with van der Waals surface area (Å²) < 4.78 is 58.1. The maximum absolute atomic E-state index is 13.3. The van der Waals surface area contributed by atoms with Crippen LogP contribution in [0.3, 0.4) is 0 Å². The quantitative estimate of drug-likeness (QED) is 0.732. The Kier molecular flexibility index (Phi) is 3.39. The number of hydrogen-bond acceptors (Lipinski definition) is 2. The Balaban J connectivity index is 1.90. The maximum Gasteiger partial charge on any atom is 0.391 e. The number of alkyl halides is 3. The monoisotopic (exact) mass is 303 g/mol. The molecular weight excluding hydrogens is 286 g/mol. The Hall–Kier alpha value is -1.30. The largest absolute Gasteiger partial charge is 0.487 e. The zero-order chi connectivity index (χ0) is 15.3. The number of fused-ring (bicyclic) bond motifs is 1. The van der Waals surface area contributed by atoms with Crippen LogP contribution in [0.1, 0.15) is 43.7 Å². The fraction of sp³-hybridized carbons (Fsp3) is 0.600. The van der Waals surface area contributed by atoms with Crippen LogP contribution in [0.5, 0.6) is 5.75 Å². The highest BCUT2D eigenvalue weighted by Crippen LogP contribution is 2.50. The highest BCUT2D eigenvalue weighted by molar-refractivity contribution is 5.39. The molecule has 0 radical (unpaired) electrons. The van der Waals surface area contributed by atoms with Gasteiger partial charge in [0.15, 0.2) is 0 Å². The number of benzene rings is 1. The van der Waals surface area contributed by atoms with Gasteiger partial charge in [-0.2, -0.15) is 13.2 Å². The van der Waals surface area contributed by atoms with Crippen molar-refractivity contribution in [2.24, 2.45) is 11.7 Å². The molecule has 2 aliphatic rings. The van der Waals surface area contributed by atoms with Crippen LogP contribution in [0.15, 0.2) is 18.2 Å². The Morgan fingerprint density at radius 3 is 2.71 bits per heavy atom. The Bertz CT molecular complexity index is 545. The highest BCUT2D eigenvalue weighted by atomic mass is 19.4. The van der Waals surface area contributed by atoms with Crippen molar-refractivity contribution < 1.29 is 22.3 Å². The lowest BCUT2D eigenvalue weighted by Gasteiger charge is -2.46. The molecule has 2 unspecified atom stereocenters. The van der Waals surface area contributed by atoms with Crippen molar-refractivity contribution in [1.29, 1.82) is 0 Å². The first-order chi connectivity index (χ1) is 9.79. The van der Waals surface area contributed by atoms with E-state index in [-0.39, 0.29) is 18.6 Å². The average molecular weight is 303 g/mol. The minimum Gasteiger partial charge on any atom is -0.487 e. The molecule has 1 aromatic carbocycles. The van der Waals surface area contributed by atoms with Crippen LogP contribution in [0.4, 0.5) is 17.6 Å². The van der Waals surface area contributed by atoms with Crippen LogP contribution in [-0.4, -0.2) is 11.8 Å². The van der Waals surface area contributed by atoms with Crippen molar-refractivity contribution in [1.82, 2.24) is 0 Å². The molecule has 3 rings (SSSR count). The van der Waals surface area contributed by atoms with Crippen LogP contribution in [-0.2, 0) is 0 Å². The third-order valence-electron chi connectivity index (χ3n) is 4.56. The topological polar surface area (TPSA) is 35.2 Å². The molecule has 2 N–H and O–H groups in total. The number of rotatable bonds is 0. The number of ether oxygens (including phenoxy) is 1. The second kappa shape index (κ2) is 4.87. The molecule has 21 heavy (non-hydrogen) atoms. The molecule has 1 saturated carbocycles. The van der Waals surface area contributed by atoms with Gasteiger partial charge in [0.2, 0.25) is 0 Å². The first-order valence-electron chi connectivity index (χ1n) is 7.10. The van der Waals surface area contributed by atoms with E-state index in [2.05, 4.69) is 0 Å². The molecule has 0 amide bonds. The van der Waals surface area contributed by atoms with Gasteiger partial charge >= 0.3 is 6.18 Å². The Morgan fingerprint density at radius 1 is 1.24 bits per heavy atom. The predicted octanol–water partition coefficient (Wildman–Crippen LogP) is 4.10. The second-order valence-corrected chi connectivity index (χ2v) is 6.11. The average Bonchev–Trinajstić information content (AvgIpc) is 2.36. The first kappa shape index (κ1) is 14.6. The summed E-state index contributed by atoms with van der Waals surface area (Å²) in [5, 5.41) is 0. The van der Waals surface area contributed by atoms with E-state index in [1.165, 1.54) is 12.1 Å². The standard InChI is InChI=1S/C15H17F4NO/c16-10-3-4-11-12(20)8-14(21-13(11)6-10)5-1-2-9(7-14)15(17,18)19/h3-4,6,9,12H,1-2,5,7-8,20H2/t9?,12-,14?/m0/s1. The van der Waals surface area contributed by atoms with Gasteiger partial charge in [-0.1, -0.05) is 6.07 Å². The van der Waals surface area contributed by atoms with Crippen molar-refractivity contribution in [3.8, 4) is 5.75 Å².